The van der Waals surface area contributed by atoms with E-state index in [0.29, 0.717) is 4.47 Å². The first kappa shape index (κ1) is 14.9. The van der Waals surface area contributed by atoms with Crippen LogP contribution in [-0.2, 0) is 4.79 Å². The molecule has 20 heavy (non-hydrogen) atoms. The molecule has 2 rings (SSSR count). The summed E-state index contributed by atoms with van der Waals surface area (Å²) in [6, 6.07) is 12.0. The van der Waals surface area contributed by atoms with Crippen LogP contribution in [0.4, 0.5) is 10.1 Å². The fourth-order valence-electron chi connectivity index (χ4n) is 1.51. The van der Waals surface area contributed by atoms with Gasteiger partial charge in [-0.1, -0.05) is 44.0 Å². The first-order valence-electron chi connectivity index (χ1n) is 5.74. The van der Waals surface area contributed by atoms with E-state index in [0.717, 1.165) is 10.0 Å². The van der Waals surface area contributed by atoms with Crippen LogP contribution < -0.4 is 5.32 Å². The van der Waals surface area contributed by atoms with Crippen LogP contribution >= 0.6 is 31.9 Å². The maximum absolute atomic E-state index is 13.5. The van der Waals surface area contributed by atoms with Crippen LogP contribution in [0.25, 0.3) is 6.08 Å². The Morgan fingerprint density at radius 1 is 1.05 bits per heavy atom. The second kappa shape index (κ2) is 6.81. The average Bonchev–Trinajstić information content (AvgIpc) is 2.41. The Morgan fingerprint density at radius 2 is 1.70 bits per heavy atom. The summed E-state index contributed by atoms with van der Waals surface area (Å²) in [6.07, 6.45) is 3.03. The van der Waals surface area contributed by atoms with E-state index in [-0.39, 0.29) is 11.6 Å². The van der Waals surface area contributed by atoms with E-state index >= 15 is 0 Å². The molecule has 0 bridgehead atoms. The minimum absolute atomic E-state index is 0.152. The molecule has 2 aromatic carbocycles. The third kappa shape index (κ3) is 4.28. The minimum Gasteiger partial charge on any atom is -0.320 e. The molecule has 0 aliphatic rings. The summed E-state index contributed by atoms with van der Waals surface area (Å²) < 4.78 is 15.1. The van der Waals surface area contributed by atoms with Crippen molar-refractivity contribution in [1.82, 2.24) is 0 Å². The van der Waals surface area contributed by atoms with Gasteiger partial charge in [0.25, 0.3) is 0 Å². The van der Waals surface area contributed by atoms with Gasteiger partial charge in [0.1, 0.15) is 5.82 Å². The number of hydrogen-bond donors (Lipinski definition) is 1. The number of carbonyl (C=O) groups is 1. The lowest BCUT2D eigenvalue weighted by atomic mass is 10.2. The zero-order valence-corrected chi connectivity index (χ0v) is 13.4. The monoisotopic (exact) mass is 397 g/mol. The van der Waals surface area contributed by atoms with E-state index < -0.39 is 5.82 Å². The van der Waals surface area contributed by atoms with Gasteiger partial charge in [0.15, 0.2) is 0 Å². The molecule has 0 saturated carbocycles. The van der Waals surface area contributed by atoms with Crippen molar-refractivity contribution in [2.75, 3.05) is 5.32 Å². The Kier molecular flexibility index (Phi) is 5.09. The molecule has 0 atom stereocenters. The van der Waals surface area contributed by atoms with Gasteiger partial charge in [0, 0.05) is 15.0 Å². The molecule has 0 fully saturated rings. The van der Waals surface area contributed by atoms with Gasteiger partial charge in [-0.15, -0.1) is 0 Å². The molecule has 5 heteroatoms. The number of halogens is 3. The molecule has 2 aromatic rings. The van der Waals surface area contributed by atoms with E-state index in [2.05, 4.69) is 37.2 Å². The van der Waals surface area contributed by atoms with Crippen LogP contribution in [0.2, 0.25) is 0 Å². The maximum Gasteiger partial charge on any atom is 0.248 e. The first-order chi connectivity index (χ1) is 9.54. The topological polar surface area (TPSA) is 29.1 Å². The number of benzene rings is 2. The van der Waals surface area contributed by atoms with E-state index in [1.807, 2.05) is 24.3 Å². The van der Waals surface area contributed by atoms with E-state index in [1.54, 1.807) is 12.1 Å². The Labute approximate surface area is 133 Å². The highest BCUT2D eigenvalue weighted by Crippen LogP contribution is 2.19. The third-order valence-corrected chi connectivity index (χ3v) is 3.51. The summed E-state index contributed by atoms with van der Waals surface area (Å²) in [5.41, 5.74) is 1.04. The standard InChI is InChI=1S/C15H10Br2FNO/c16-11-4-1-10(2-5-11)3-8-15(20)19-14-7-6-12(17)9-13(14)18/h1-9H,(H,19,20)/b8-3+. The Morgan fingerprint density at radius 3 is 2.35 bits per heavy atom. The number of carbonyl (C=O) groups excluding carboxylic acids is 1. The molecule has 1 N–H and O–H groups in total. The van der Waals surface area contributed by atoms with Crippen molar-refractivity contribution in [2.24, 2.45) is 0 Å². The molecule has 1 amide bonds. The summed E-state index contributed by atoms with van der Waals surface area (Å²) in [6.45, 7) is 0. The number of hydrogen-bond acceptors (Lipinski definition) is 1. The van der Waals surface area contributed by atoms with Crippen LogP contribution in [-0.4, -0.2) is 5.91 Å². The third-order valence-electron chi connectivity index (χ3n) is 2.49. The van der Waals surface area contributed by atoms with E-state index in [1.165, 1.54) is 18.2 Å². The first-order valence-corrected chi connectivity index (χ1v) is 7.33. The summed E-state index contributed by atoms with van der Waals surface area (Å²) >= 11 is 6.49. The number of rotatable bonds is 3. The highest BCUT2D eigenvalue weighted by Gasteiger charge is 2.04. The van der Waals surface area contributed by atoms with Crippen molar-refractivity contribution in [1.29, 1.82) is 0 Å². The predicted octanol–water partition coefficient (Wildman–Crippen LogP) is 5.00. The second-order valence-corrected chi connectivity index (χ2v) is 5.83. The normalized spacial score (nSPS) is 10.8. The van der Waals surface area contributed by atoms with Crippen LogP contribution in [0.3, 0.4) is 0 Å². The molecule has 0 unspecified atom stereocenters. The van der Waals surface area contributed by atoms with Crippen molar-refractivity contribution >= 4 is 49.5 Å². The Balaban J connectivity index is 2.03. The molecule has 2 nitrogen and oxygen atoms in total. The molecule has 102 valence electrons. The van der Waals surface area contributed by atoms with Crippen LogP contribution in [0, 0.1) is 5.82 Å². The van der Waals surface area contributed by atoms with Crippen molar-refractivity contribution < 1.29 is 9.18 Å². The molecule has 0 aromatic heterocycles. The minimum atomic E-state index is -0.482. The van der Waals surface area contributed by atoms with Crippen LogP contribution in [0.5, 0.6) is 0 Å². The summed E-state index contributed by atoms with van der Waals surface area (Å²) in [4.78, 5) is 11.7. The summed E-state index contributed by atoms with van der Waals surface area (Å²) in [7, 11) is 0. The molecule has 0 heterocycles. The van der Waals surface area contributed by atoms with Crippen molar-refractivity contribution in [3.8, 4) is 0 Å². The fourth-order valence-corrected chi connectivity index (χ4v) is 2.11. The molecule has 0 radical (unpaired) electrons. The number of anilines is 1. The van der Waals surface area contributed by atoms with E-state index in [4.69, 9.17) is 0 Å². The van der Waals surface area contributed by atoms with Crippen molar-refractivity contribution in [2.45, 2.75) is 0 Å². The summed E-state index contributed by atoms with van der Waals surface area (Å²) in [5.74, 6) is -0.862. The quantitative estimate of drug-likeness (QED) is 0.724. The molecular weight excluding hydrogens is 389 g/mol. The zero-order valence-electron chi connectivity index (χ0n) is 10.2. The zero-order chi connectivity index (χ0) is 14.5. The van der Waals surface area contributed by atoms with Gasteiger partial charge in [-0.05, 0) is 42.0 Å². The highest BCUT2D eigenvalue weighted by atomic mass is 79.9. The lowest BCUT2D eigenvalue weighted by molar-refractivity contribution is -0.111. The average molecular weight is 399 g/mol. The Hall–Kier alpha value is -1.46. The van der Waals surface area contributed by atoms with Gasteiger partial charge >= 0.3 is 0 Å². The molecule has 0 spiro atoms. The highest BCUT2D eigenvalue weighted by molar-refractivity contribution is 9.10. The van der Waals surface area contributed by atoms with Gasteiger partial charge < -0.3 is 5.32 Å². The maximum atomic E-state index is 13.5. The number of amides is 1. The largest absolute Gasteiger partial charge is 0.320 e. The van der Waals surface area contributed by atoms with Crippen molar-refractivity contribution in [3.05, 3.63) is 68.9 Å². The predicted molar refractivity (Wildman–Crippen MR) is 85.9 cm³/mol. The smallest absolute Gasteiger partial charge is 0.248 e. The van der Waals surface area contributed by atoms with E-state index in [9.17, 15) is 9.18 Å². The lowest BCUT2D eigenvalue weighted by Gasteiger charge is -2.04. The summed E-state index contributed by atoms with van der Waals surface area (Å²) in [5, 5.41) is 2.49. The van der Waals surface area contributed by atoms with Crippen molar-refractivity contribution in [3.63, 3.8) is 0 Å². The second-order valence-electron chi connectivity index (χ2n) is 4.00. The number of nitrogens with one attached hydrogen (secondary N) is 1. The van der Waals surface area contributed by atoms with Crippen LogP contribution in [0.1, 0.15) is 5.56 Å². The fraction of sp³-hybridized carbons (Fsp3) is 0. The lowest BCUT2D eigenvalue weighted by Crippen LogP contribution is -2.09. The molecule has 0 aliphatic heterocycles. The molecule has 0 saturated heterocycles. The SMILES string of the molecule is O=C(/C=C/c1ccc(Br)cc1)Nc1ccc(Br)cc1F. The van der Waals surface area contributed by atoms with Gasteiger partial charge in [0.2, 0.25) is 5.91 Å². The molecule has 0 aliphatic carbocycles. The van der Waals surface area contributed by atoms with Crippen LogP contribution in [0.15, 0.2) is 57.5 Å². The van der Waals surface area contributed by atoms with Gasteiger partial charge in [-0.3, -0.25) is 4.79 Å². The van der Waals surface area contributed by atoms with Gasteiger partial charge in [0.05, 0.1) is 5.69 Å². The molecular formula is C15H10Br2FNO. The van der Waals surface area contributed by atoms with Gasteiger partial charge in [-0.25, -0.2) is 4.39 Å². The Bertz CT molecular complexity index is 653. The van der Waals surface area contributed by atoms with Gasteiger partial charge in [-0.2, -0.15) is 0 Å².